The minimum Gasteiger partial charge on any atom is -0.378 e. The van der Waals surface area contributed by atoms with E-state index in [0.717, 1.165) is 71.2 Å². The molecule has 1 aromatic rings. The third-order valence-electron chi connectivity index (χ3n) is 8.53. The minimum atomic E-state index is 0.176. The molecule has 5 nitrogen and oxygen atoms in total. The summed E-state index contributed by atoms with van der Waals surface area (Å²) in [6, 6.07) is 8.60. The maximum Gasteiger partial charge on any atom is 0.206 e. The third-order valence-corrected chi connectivity index (χ3v) is 9.69. The molecule has 0 spiro atoms. The summed E-state index contributed by atoms with van der Waals surface area (Å²) in [7, 11) is 3.96. The Morgan fingerprint density at radius 3 is 2.00 bits per heavy atom. The molecule has 6 heteroatoms. The van der Waals surface area contributed by atoms with Crippen LogP contribution in [0.2, 0.25) is 0 Å². The maximum atomic E-state index is 13.6. The van der Waals surface area contributed by atoms with E-state index in [-0.39, 0.29) is 5.43 Å². The smallest absolute Gasteiger partial charge is 0.206 e. The van der Waals surface area contributed by atoms with Gasteiger partial charge in [-0.3, -0.25) is 4.79 Å². The van der Waals surface area contributed by atoms with E-state index in [9.17, 15) is 4.79 Å². The molecule has 1 aromatic carbocycles. The monoisotopic (exact) mass is 579 g/mol. The van der Waals surface area contributed by atoms with E-state index in [0.29, 0.717) is 0 Å². The van der Waals surface area contributed by atoms with Crippen LogP contribution >= 0.6 is 11.3 Å². The third kappa shape index (κ3) is 9.41. The molecule has 0 saturated carbocycles. The van der Waals surface area contributed by atoms with Gasteiger partial charge in [-0.1, -0.05) is 96.8 Å². The Morgan fingerprint density at radius 1 is 0.829 bits per heavy atom. The average Bonchev–Trinajstić information content (AvgIpc) is 2.98. The van der Waals surface area contributed by atoms with Crippen LogP contribution in [0.5, 0.6) is 0 Å². The first-order valence-corrected chi connectivity index (χ1v) is 17.3. The predicted octanol–water partition coefficient (Wildman–Crippen LogP) is 9.08. The molecule has 0 amide bonds. The fourth-order valence-corrected chi connectivity index (χ4v) is 7.27. The van der Waals surface area contributed by atoms with Gasteiger partial charge in [-0.25, -0.2) is 4.98 Å². The maximum absolute atomic E-state index is 13.6. The number of hydrogen-bond acceptors (Lipinski definition) is 6. The van der Waals surface area contributed by atoms with Crippen LogP contribution in [-0.4, -0.2) is 45.4 Å². The lowest BCUT2D eigenvalue weighted by Gasteiger charge is -2.29. The van der Waals surface area contributed by atoms with Crippen molar-refractivity contribution in [1.29, 1.82) is 0 Å². The second-order valence-electron chi connectivity index (χ2n) is 12.1. The number of nitrogens with zero attached hydrogens (tertiary/aromatic N) is 3. The highest BCUT2D eigenvalue weighted by Gasteiger charge is 2.21. The van der Waals surface area contributed by atoms with Gasteiger partial charge in [0.05, 0.1) is 34.0 Å². The van der Waals surface area contributed by atoms with E-state index < -0.39 is 0 Å². The van der Waals surface area contributed by atoms with E-state index in [1.54, 1.807) is 11.3 Å². The van der Waals surface area contributed by atoms with Gasteiger partial charge >= 0.3 is 0 Å². The van der Waals surface area contributed by atoms with Crippen molar-refractivity contribution >= 4 is 32.9 Å². The molecular formula is C35H53N3O2S. The van der Waals surface area contributed by atoms with Gasteiger partial charge in [0.25, 0.3) is 0 Å². The van der Waals surface area contributed by atoms with Crippen LogP contribution in [0.25, 0.3) is 20.8 Å². The zero-order chi connectivity index (χ0) is 28.9. The normalized spacial score (nSPS) is 13.9. The summed E-state index contributed by atoms with van der Waals surface area (Å²) < 4.78 is 6.65. The van der Waals surface area contributed by atoms with Crippen LogP contribution in [-0.2, 0) is 11.2 Å². The molecule has 0 radical (unpaired) electrons. The SMILES string of the molecule is CCCCCCCCCCCCCCCCCc1cc2nc3ccc(N4CCOCC4)cc3sc-2c(N(C)C)c1=O. The Hall–Kier alpha value is -2.18. The van der Waals surface area contributed by atoms with Crippen molar-refractivity contribution in [2.75, 3.05) is 50.2 Å². The largest absolute Gasteiger partial charge is 0.378 e. The Bertz CT molecular complexity index is 1220. The summed E-state index contributed by atoms with van der Waals surface area (Å²) in [6.07, 6.45) is 21.1. The highest BCUT2D eigenvalue weighted by molar-refractivity contribution is 7.22. The Kier molecular flexibility index (Phi) is 13.2. The van der Waals surface area contributed by atoms with E-state index in [1.807, 2.05) is 19.0 Å². The number of anilines is 2. The molecule has 0 atom stereocenters. The quantitative estimate of drug-likeness (QED) is 0.111. The van der Waals surface area contributed by atoms with E-state index in [1.165, 1.54) is 95.6 Å². The highest BCUT2D eigenvalue weighted by Crippen LogP contribution is 2.38. The number of fused-ring (bicyclic) bond motifs is 2. The molecule has 1 fully saturated rings. The van der Waals surface area contributed by atoms with Crippen LogP contribution in [0.4, 0.5) is 11.4 Å². The van der Waals surface area contributed by atoms with Gasteiger partial charge < -0.3 is 14.5 Å². The van der Waals surface area contributed by atoms with Gasteiger partial charge in [0, 0.05) is 38.4 Å². The molecule has 0 bridgehead atoms. The molecule has 3 aliphatic rings. The van der Waals surface area contributed by atoms with E-state index >= 15 is 0 Å². The van der Waals surface area contributed by atoms with Crippen molar-refractivity contribution in [3.63, 3.8) is 0 Å². The molecule has 0 unspecified atom stereocenters. The van der Waals surface area contributed by atoms with Gasteiger partial charge in [-0.05, 0) is 37.1 Å². The van der Waals surface area contributed by atoms with Gasteiger partial charge in [-0.15, -0.1) is 11.3 Å². The molecular weight excluding hydrogens is 526 g/mol. The van der Waals surface area contributed by atoms with Crippen molar-refractivity contribution < 1.29 is 4.74 Å². The first-order chi connectivity index (χ1) is 20.1. The molecule has 1 saturated heterocycles. The lowest BCUT2D eigenvalue weighted by atomic mass is 10.0. The number of unbranched alkanes of at least 4 members (excludes halogenated alkanes) is 14. The molecule has 0 aromatic heterocycles. The molecule has 1 aliphatic carbocycles. The van der Waals surface area contributed by atoms with E-state index in [4.69, 9.17) is 9.72 Å². The number of aryl methyl sites for hydroxylation is 1. The second kappa shape index (κ2) is 17.1. The molecule has 226 valence electrons. The molecule has 2 aliphatic heterocycles. The zero-order valence-electron chi connectivity index (χ0n) is 26.0. The Labute approximate surface area is 252 Å². The number of aromatic nitrogens is 1. The van der Waals surface area contributed by atoms with E-state index in [2.05, 4.69) is 36.1 Å². The molecule has 41 heavy (non-hydrogen) atoms. The molecule has 0 N–H and O–H groups in total. The van der Waals surface area contributed by atoms with Gasteiger partial charge in [-0.2, -0.15) is 0 Å². The van der Waals surface area contributed by atoms with Crippen LogP contribution in [0, 0.1) is 0 Å². The first-order valence-electron chi connectivity index (χ1n) is 16.5. The zero-order valence-corrected chi connectivity index (χ0v) is 26.8. The fraction of sp³-hybridized carbons (Fsp3) is 0.657. The van der Waals surface area contributed by atoms with Crippen molar-refractivity contribution in [2.45, 2.75) is 110 Å². The van der Waals surface area contributed by atoms with Crippen molar-refractivity contribution in [1.82, 2.24) is 4.98 Å². The van der Waals surface area contributed by atoms with Crippen molar-refractivity contribution in [3.05, 3.63) is 40.1 Å². The summed E-state index contributed by atoms with van der Waals surface area (Å²) in [5.41, 5.74) is 5.03. The molecule has 2 heterocycles. The molecule has 4 rings (SSSR count). The summed E-state index contributed by atoms with van der Waals surface area (Å²) in [4.78, 5) is 23.9. The first kappa shape index (κ1) is 31.7. The standard InChI is InChI=1S/C35H53N3O2S/c1-4-5-6-7-8-9-10-11-12-13-14-15-16-17-18-19-28-26-31-35(33(34(28)39)37(2)3)41-32-27-29(20-21-30(32)36-31)38-22-24-40-25-23-38/h20-21,26-27H,4-19,22-25H2,1-3H3. The van der Waals surface area contributed by atoms with Crippen molar-refractivity contribution in [3.8, 4) is 10.6 Å². The number of hydrogen-bond donors (Lipinski definition) is 0. The Balaban J connectivity index is 1.26. The fourth-order valence-electron chi connectivity index (χ4n) is 6.07. The number of benzene rings is 2. The second-order valence-corrected chi connectivity index (χ2v) is 13.2. The summed E-state index contributed by atoms with van der Waals surface area (Å²) in [5.74, 6) is 0. The number of morpholine rings is 1. The number of rotatable bonds is 18. The summed E-state index contributed by atoms with van der Waals surface area (Å²) in [5, 5.41) is 0. The summed E-state index contributed by atoms with van der Waals surface area (Å²) >= 11 is 1.69. The van der Waals surface area contributed by atoms with Crippen LogP contribution in [0.1, 0.15) is 109 Å². The Morgan fingerprint density at radius 2 is 1.41 bits per heavy atom. The topological polar surface area (TPSA) is 45.7 Å². The lowest BCUT2D eigenvalue weighted by Crippen LogP contribution is -2.36. The highest BCUT2D eigenvalue weighted by atomic mass is 32.1. The van der Waals surface area contributed by atoms with Crippen LogP contribution < -0.4 is 15.2 Å². The van der Waals surface area contributed by atoms with Crippen molar-refractivity contribution in [2.24, 2.45) is 0 Å². The van der Waals surface area contributed by atoms with Gasteiger partial charge in [0.15, 0.2) is 0 Å². The lowest BCUT2D eigenvalue weighted by molar-refractivity contribution is 0.122. The van der Waals surface area contributed by atoms with Gasteiger partial charge in [0.1, 0.15) is 5.69 Å². The summed E-state index contributed by atoms with van der Waals surface area (Å²) in [6.45, 7) is 5.64. The predicted molar refractivity (Wildman–Crippen MR) is 179 cm³/mol. The van der Waals surface area contributed by atoms with Crippen LogP contribution in [0.15, 0.2) is 29.1 Å². The average molecular weight is 580 g/mol. The minimum absolute atomic E-state index is 0.176. The number of ether oxygens (including phenoxy) is 1. The van der Waals surface area contributed by atoms with Crippen LogP contribution in [0.3, 0.4) is 0 Å². The van der Waals surface area contributed by atoms with Gasteiger partial charge in [0.2, 0.25) is 5.43 Å².